The summed E-state index contributed by atoms with van der Waals surface area (Å²) in [4.78, 5) is 27.7. The predicted molar refractivity (Wildman–Crippen MR) is 75.2 cm³/mol. The quantitative estimate of drug-likeness (QED) is 0.851. The molecule has 0 saturated carbocycles. The van der Waals surface area contributed by atoms with Crippen molar-refractivity contribution in [3.05, 3.63) is 29.5 Å². The van der Waals surface area contributed by atoms with Crippen molar-refractivity contribution in [3.63, 3.8) is 0 Å². The van der Waals surface area contributed by atoms with Crippen LogP contribution in [-0.2, 0) is 9.47 Å². The van der Waals surface area contributed by atoms with Gasteiger partial charge in [0.2, 0.25) is 0 Å². The van der Waals surface area contributed by atoms with E-state index in [4.69, 9.17) is 10.5 Å². The number of nitrogen functional groups attached to an aromatic ring is 1. The van der Waals surface area contributed by atoms with Gasteiger partial charge in [-0.2, -0.15) is 0 Å². The lowest BCUT2D eigenvalue weighted by molar-refractivity contribution is 0.00689. The van der Waals surface area contributed by atoms with Crippen LogP contribution < -0.4 is 5.73 Å². The number of pyridine rings is 1. The van der Waals surface area contributed by atoms with Crippen LogP contribution in [0.5, 0.6) is 0 Å². The fraction of sp³-hybridized carbons (Fsp3) is 0.357. The van der Waals surface area contributed by atoms with E-state index in [9.17, 15) is 9.59 Å². The first-order valence-corrected chi connectivity index (χ1v) is 5.94. The number of rotatable bonds is 3. The van der Waals surface area contributed by atoms with Crippen LogP contribution in [0.2, 0.25) is 0 Å². The van der Waals surface area contributed by atoms with Crippen molar-refractivity contribution in [1.82, 2.24) is 4.98 Å². The molecule has 2 N–H and O–H groups in total. The van der Waals surface area contributed by atoms with E-state index >= 15 is 0 Å². The molecule has 0 unspecified atom stereocenters. The van der Waals surface area contributed by atoms with Crippen LogP contribution in [0.15, 0.2) is 12.6 Å². The number of anilines is 1. The number of nitrogens with two attached hydrogens (primary N) is 1. The zero-order chi connectivity index (χ0) is 15.5. The van der Waals surface area contributed by atoms with E-state index in [1.807, 2.05) is 0 Å². The minimum Gasteiger partial charge on any atom is -0.465 e. The highest BCUT2D eigenvalue weighted by Crippen LogP contribution is 2.20. The van der Waals surface area contributed by atoms with E-state index < -0.39 is 17.5 Å². The summed E-state index contributed by atoms with van der Waals surface area (Å²) in [5, 5.41) is 0. The van der Waals surface area contributed by atoms with Gasteiger partial charge in [0.05, 0.1) is 18.4 Å². The van der Waals surface area contributed by atoms with E-state index in [1.165, 1.54) is 19.3 Å². The molecule has 20 heavy (non-hydrogen) atoms. The van der Waals surface area contributed by atoms with Crippen molar-refractivity contribution in [2.24, 2.45) is 0 Å². The molecule has 0 atom stereocenters. The van der Waals surface area contributed by atoms with Gasteiger partial charge in [0.25, 0.3) is 0 Å². The summed E-state index contributed by atoms with van der Waals surface area (Å²) in [5.41, 5.74) is 5.38. The summed E-state index contributed by atoms with van der Waals surface area (Å²) < 4.78 is 9.84. The molecule has 0 spiro atoms. The average Bonchev–Trinajstić information content (AvgIpc) is 2.35. The molecule has 0 radical (unpaired) electrons. The SMILES string of the molecule is C=Cc1nc(N)c(C(=O)OC)cc1C(=O)OC(C)(C)C. The van der Waals surface area contributed by atoms with E-state index in [-0.39, 0.29) is 22.6 Å². The molecule has 1 rings (SSSR count). The monoisotopic (exact) mass is 278 g/mol. The van der Waals surface area contributed by atoms with Gasteiger partial charge in [0, 0.05) is 0 Å². The molecule has 0 aliphatic carbocycles. The molecule has 0 saturated heterocycles. The molecule has 0 fully saturated rings. The molecule has 1 aromatic rings. The minimum absolute atomic E-state index is 0.0129. The van der Waals surface area contributed by atoms with Gasteiger partial charge in [0.15, 0.2) is 0 Å². The van der Waals surface area contributed by atoms with Crippen LogP contribution >= 0.6 is 0 Å². The molecule has 0 bridgehead atoms. The third kappa shape index (κ3) is 3.57. The molecule has 1 aromatic heterocycles. The Morgan fingerprint density at radius 2 is 1.90 bits per heavy atom. The third-order valence-electron chi connectivity index (χ3n) is 2.30. The molecule has 108 valence electrons. The Hall–Kier alpha value is -2.37. The third-order valence-corrected chi connectivity index (χ3v) is 2.30. The Morgan fingerprint density at radius 1 is 1.30 bits per heavy atom. The second-order valence-corrected chi connectivity index (χ2v) is 5.05. The van der Waals surface area contributed by atoms with Crippen LogP contribution in [0, 0.1) is 0 Å². The Bertz CT molecular complexity index is 559. The van der Waals surface area contributed by atoms with Gasteiger partial charge >= 0.3 is 11.9 Å². The van der Waals surface area contributed by atoms with Gasteiger partial charge in [-0.1, -0.05) is 6.58 Å². The molecule has 0 aromatic carbocycles. The number of nitrogens with zero attached hydrogens (tertiary/aromatic N) is 1. The molecule has 0 amide bonds. The number of aromatic nitrogens is 1. The smallest absolute Gasteiger partial charge is 0.341 e. The van der Waals surface area contributed by atoms with E-state index in [2.05, 4.69) is 16.3 Å². The standard InChI is InChI=1S/C14H18N2O4/c1-6-10-8(13(18)20-14(2,3)4)7-9(11(15)16-10)12(17)19-5/h6-7H,1H2,2-5H3,(H2,15,16). The zero-order valence-electron chi connectivity index (χ0n) is 12.0. The largest absolute Gasteiger partial charge is 0.465 e. The molecule has 6 nitrogen and oxygen atoms in total. The lowest BCUT2D eigenvalue weighted by Crippen LogP contribution is -2.25. The first-order chi connectivity index (χ1) is 9.19. The fourth-order valence-electron chi connectivity index (χ4n) is 1.47. The summed E-state index contributed by atoms with van der Waals surface area (Å²) in [6, 6.07) is 1.30. The van der Waals surface area contributed by atoms with E-state index in [1.54, 1.807) is 20.8 Å². The maximum absolute atomic E-state index is 12.1. The normalized spacial score (nSPS) is 10.8. The second kappa shape index (κ2) is 5.73. The van der Waals surface area contributed by atoms with Crippen LogP contribution in [0.25, 0.3) is 6.08 Å². The minimum atomic E-state index is -0.671. The van der Waals surface area contributed by atoms with Gasteiger partial charge in [0.1, 0.15) is 17.0 Å². The Morgan fingerprint density at radius 3 is 2.35 bits per heavy atom. The number of hydrogen-bond acceptors (Lipinski definition) is 6. The zero-order valence-corrected chi connectivity index (χ0v) is 12.0. The van der Waals surface area contributed by atoms with E-state index in [0.717, 1.165) is 0 Å². The van der Waals surface area contributed by atoms with Gasteiger partial charge < -0.3 is 15.2 Å². The van der Waals surface area contributed by atoms with Crippen LogP contribution in [-0.4, -0.2) is 29.6 Å². The average molecular weight is 278 g/mol. The van der Waals surface area contributed by atoms with Gasteiger partial charge in [-0.25, -0.2) is 14.6 Å². The molecule has 0 aliphatic heterocycles. The van der Waals surface area contributed by atoms with Gasteiger partial charge in [-0.3, -0.25) is 0 Å². The maximum Gasteiger partial charge on any atom is 0.341 e. The van der Waals surface area contributed by atoms with Crippen molar-refractivity contribution in [3.8, 4) is 0 Å². The fourth-order valence-corrected chi connectivity index (χ4v) is 1.47. The first kappa shape index (κ1) is 15.7. The van der Waals surface area contributed by atoms with Crippen molar-refractivity contribution in [2.75, 3.05) is 12.8 Å². The number of esters is 2. The Labute approximate surface area is 117 Å². The highest BCUT2D eigenvalue weighted by Gasteiger charge is 2.23. The van der Waals surface area contributed by atoms with Gasteiger partial charge in [-0.15, -0.1) is 0 Å². The summed E-state index contributed by atoms with van der Waals surface area (Å²) in [6.07, 6.45) is 1.37. The molecule has 6 heteroatoms. The number of methoxy groups -OCH3 is 1. The molecular formula is C14H18N2O4. The van der Waals surface area contributed by atoms with Gasteiger partial charge in [-0.05, 0) is 32.9 Å². The molecule has 1 heterocycles. The highest BCUT2D eigenvalue weighted by atomic mass is 16.6. The molecule has 0 aliphatic rings. The lowest BCUT2D eigenvalue weighted by Gasteiger charge is -2.20. The Kier molecular flexibility index (Phi) is 4.49. The number of carbonyl (C=O) groups excluding carboxylic acids is 2. The maximum atomic E-state index is 12.1. The number of hydrogen-bond donors (Lipinski definition) is 1. The summed E-state index contributed by atoms with van der Waals surface area (Å²) >= 11 is 0. The van der Waals surface area contributed by atoms with Crippen LogP contribution in [0.1, 0.15) is 47.2 Å². The van der Waals surface area contributed by atoms with Crippen LogP contribution in [0.3, 0.4) is 0 Å². The van der Waals surface area contributed by atoms with Crippen molar-refractivity contribution < 1.29 is 19.1 Å². The van der Waals surface area contributed by atoms with E-state index in [0.29, 0.717) is 0 Å². The Balaban J connectivity index is 3.33. The summed E-state index contributed by atoms with van der Waals surface area (Å²) in [7, 11) is 1.22. The topological polar surface area (TPSA) is 91.5 Å². The lowest BCUT2D eigenvalue weighted by atomic mass is 10.1. The van der Waals surface area contributed by atoms with Crippen LogP contribution in [0.4, 0.5) is 5.82 Å². The highest BCUT2D eigenvalue weighted by molar-refractivity contribution is 6.00. The predicted octanol–water partition coefficient (Wildman–Crippen LogP) is 2.05. The van der Waals surface area contributed by atoms with Crippen molar-refractivity contribution >= 4 is 23.8 Å². The summed E-state index contributed by atoms with van der Waals surface area (Å²) in [6.45, 7) is 8.79. The molecular weight excluding hydrogens is 260 g/mol. The second-order valence-electron chi connectivity index (χ2n) is 5.05. The number of ether oxygens (including phenoxy) is 2. The number of carbonyl (C=O) groups is 2. The van der Waals surface area contributed by atoms with Crippen molar-refractivity contribution in [2.45, 2.75) is 26.4 Å². The van der Waals surface area contributed by atoms with Crippen molar-refractivity contribution in [1.29, 1.82) is 0 Å². The summed E-state index contributed by atoms with van der Waals surface area (Å²) in [5.74, 6) is -1.31. The first-order valence-electron chi connectivity index (χ1n) is 5.94.